The number of hydrogen-bond acceptors (Lipinski definition) is 4. The predicted molar refractivity (Wildman–Crippen MR) is 139 cm³/mol. The zero-order valence-electron chi connectivity index (χ0n) is 22.0. The third kappa shape index (κ3) is 7.58. The van der Waals surface area contributed by atoms with Gasteiger partial charge < -0.3 is 14.8 Å². The van der Waals surface area contributed by atoms with Gasteiger partial charge >= 0.3 is 12.1 Å². The summed E-state index contributed by atoms with van der Waals surface area (Å²) in [4.78, 5) is 26.1. The van der Waals surface area contributed by atoms with Crippen molar-refractivity contribution in [3.63, 3.8) is 0 Å². The Bertz CT molecular complexity index is 965. The molecule has 0 bridgehead atoms. The summed E-state index contributed by atoms with van der Waals surface area (Å²) >= 11 is 0. The quantitative estimate of drug-likeness (QED) is 0.464. The molecule has 190 valence electrons. The molecule has 5 nitrogen and oxygen atoms in total. The summed E-state index contributed by atoms with van der Waals surface area (Å²) in [5.74, 6) is 0.249. The first kappa shape index (κ1) is 26.8. The highest BCUT2D eigenvalue weighted by Crippen LogP contribution is 2.43. The molecule has 1 fully saturated rings. The van der Waals surface area contributed by atoms with Gasteiger partial charge in [0.15, 0.2) is 0 Å². The molecule has 0 aliphatic heterocycles. The van der Waals surface area contributed by atoms with E-state index < -0.39 is 23.7 Å². The smallest absolute Gasteiger partial charge is 0.408 e. The molecule has 1 amide bonds. The number of carbonyl (C=O) groups excluding carboxylic acids is 2. The summed E-state index contributed by atoms with van der Waals surface area (Å²) < 4.78 is 11.7. The fourth-order valence-electron chi connectivity index (χ4n) is 5.09. The van der Waals surface area contributed by atoms with E-state index in [9.17, 15) is 9.59 Å². The summed E-state index contributed by atoms with van der Waals surface area (Å²) in [7, 11) is 0. The number of carbonyl (C=O) groups is 2. The fraction of sp³-hybridized carbons (Fsp3) is 0.533. The Morgan fingerprint density at radius 2 is 1.54 bits per heavy atom. The maximum Gasteiger partial charge on any atom is 0.408 e. The van der Waals surface area contributed by atoms with E-state index in [1.807, 2.05) is 36.4 Å². The van der Waals surface area contributed by atoms with E-state index >= 15 is 0 Å². The van der Waals surface area contributed by atoms with Gasteiger partial charge in [0, 0.05) is 12.3 Å². The molecule has 0 spiro atoms. The second-order valence-corrected chi connectivity index (χ2v) is 11.5. The zero-order chi connectivity index (χ0) is 25.6. The lowest BCUT2D eigenvalue weighted by Gasteiger charge is -2.44. The number of rotatable bonds is 7. The van der Waals surface area contributed by atoms with Gasteiger partial charge in [-0.05, 0) is 56.1 Å². The molecule has 0 aromatic heterocycles. The van der Waals surface area contributed by atoms with Crippen molar-refractivity contribution < 1.29 is 19.1 Å². The maximum atomic E-state index is 13.5. The van der Waals surface area contributed by atoms with Gasteiger partial charge in [-0.1, -0.05) is 87.9 Å². The van der Waals surface area contributed by atoms with Gasteiger partial charge in [-0.3, -0.25) is 0 Å². The molecule has 1 N–H and O–H groups in total. The van der Waals surface area contributed by atoms with Crippen LogP contribution in [0.5, 0.6) is 0 Å². The van der Waals surface area contributed by atoms with Gasteiger partial charge in [0.1, 0.15) is 17.7 Å². The van der Waals surface area contributed by atoms with E-state index in [1.54, 1.807) is 20.8 Å². The topological polar surface area (TPSA) is 64.6 Å². The lowest BCUT2D eigenvalue weighted by atomic mass is 9.64. The third-order valence-corrected chi connectivity index (χ3v) is 7.02. The Labute approximate surface area is 210 Å². The highest BCUT2D eigenvalue weighted by molar-refractivity contribution is 5.82. The average molecular weight is 480 g/mol. The molecule has 5 heteroatoms. The minimum absolute atomic E-state index is 0.153. The Balaban J connectivity index is 1.81. The zero-order valence-corrected chi connectivity index (χ0v) is 22.0. The highest BCUT2D eigenvalue weighted by Gasteiger charge is 2.42. The first-order chi connectivity index (χ1) is 16.5. The van der Waals surface area contributed by atoms with E-state index in [0.717, 1.165) is 24.8 Å². The number of esters is 1. The molecule has 2 aromatic carbocycles. The number of amides is 1. The van der Waals surface area contributed by atoms with Crippen LogP contribution in [-0.2, 0) is 26.1 Å². The second-order valence-electron chi connectivity index (χ2n) is 11.5. The molecule has 3 rings (SSSR count). The SMILES string of the molecule is C[C@@H]1CC[C@@H](C(C)(C)c2ccccc2)[C@H](OC(=O)[C@H](Cc2ccccc2)NC(=O)OC(C)(C)C)C1. The van der Waals surface area contributed by atoms with Gasteiger partial charge in [-0.25, -0.2) is 9.59 Å². The van der Waals surface area contributed by atoms with Crippen LogP contribution < -0.4 is 5.32 Å². The van der Waals surface area contributed by atoms with Gasteiger partial charge in [0.05, 0.1) is 0 Å². The van der Waals surface area contributed by atoms with E-state index in [0.29, 0.717) is 12.3 Å². The lowest BCUT2D eigenvalue weighted by molar-refractivity contribution is -0.159. The average Bonchev–Trinajstić information content (AvgIpc) is 2.78. The van der Waals surface area contributed by atoms with E-state index in [1.165, 1.54) is 5.56 Å². The maximum absolute atomic E-state index is 13.5. The van der Waals surface area contributed by atoms with Crippen LogP contribution in [0.4, 0.5) is 4.79 Å². The normalized spacial score (nSPS) is 21.6. The van der Waals surface area contributed by atoms with E-state index in [2.05, 4.69) is 50.4 Å². The molecular weight excluding hydrogens is 438 g/mol. The number of ether oxygens (including phenoxy) is 2. The summed E-state index contributed by atoms with van der Waals surface area (Å²) in [5.41, 5.74) is 1.38. The molecule has 0 saturated heterocycles. The van der Waals surface area contributed by atoms with Crippen molar-refractivity contribution in [3.05, 3.63) is 71.8 Å². The Morgan fingerprint density at radius 3 is 2.14 bits per heavy atom. The van der Waals surface area contributed by atoms with Crippen LogP contribution in [0.2, 0.25) is 0 Å². The van der Waals surface area contributed by atoms with Crippen LogP contribution in [0.1, 0.15) is 71.9 Å². The summed E-state index contributed by atoms with van der Waals surface area (Å²) in [5, 5.41) is 2.77. The van der Waals surface area contributed by atoms with Crippen molar-refractivity contribution >= 4 is 12.1 Å². The van der Waals surface area contributed by atoms with Gasteiger partial charge in [0.25, 0.3) is 0 Å². The van der Waals surface area contributed by atoms with Gasteiger partial charge in [-0.2, -0.15) is 0 Å². The molecule has 1 aliphatic rings. The fourth-order valence-corrected chi connectivity index (χ4v) is 5.09. The third-order valence-electron chi connectivity index (χ3n) is 7.02. The van der Waals surface area contributed by atoms with Crippen LogP contribution in [0.25, 0.3) is 0 Å². The van der Waals surface area contributed by atoms with Crippen molar-refractivity contribution in [3.8, 4) is 0 Å². The molecule has 0 heterocycles. The second kappa shape index (κ2) is 11.3. The van der Waals surface area contributed by atoms with Crippen molar-refractivity contribution in [1.82, 2.24) is 5.32 Å². The number of nitrogens with one attached hydrogen (secondary N) is 1. The molecule has 2 aromatic rings. The highest BCUT2D eigenvalue weighted by atomic mass is 16.6. The van der Waals surface area contributed by atoms with Crippen LogP contribution in [0, 0.1) is 11.8 Å². The van der Waals surface area contributed by atoms with E-state index in [4.69, 9.17) is 9.47 Å². The minimum atomic E-state index is -0.829. The predicted octanol–water partition coefficient (Wildman–Crippen LogP) is 6.45. The number of hydrogen-bond donors (Lipinski definition) is 1. The molecule has 1 aliphatic carbocycles. The Hall–Kier alpha value is -2.82. The molecular formula is C30H41NO4. The summed E-state index contributed by atoms with van der Waals surface area (Å²) in [6, 6.07) is 19.3. The first-order valence-electron chi connectivity index (χ1n) is 12.7. The van der Waals surface area contributed by atoms with Crippen molar-refractivity contribution in [2.45, 2.75) is 90.4 Å². The summed E-state index contributed by atoms with van der Waals surface area (Å²) in [6.45, 7) is 12.1. The minimum Gasteiger partial charge on any atom is -0.461 e. The van der Waals surface area contributed by atoms with Crippen molar-refractivity contribution in [2.24, 2.45) is 11.8 Å². The number of alkyl carbamates (subject to hydrolysis) is 1. The van der Waals surface area contributed by atoms with Crippen LogP contribution in [0.15, 0.2) is 60.7 Å². The van der Waals surface area contributed by atoms with Crippen LogP contribution in [0.3, 0.4) is 0 Å². The van der Waals surface area contributed by atoms with Gasteiger partial charge in [-0.15, -0.1) is 0 Å². The Kier molecular flexibility index (Phi) is 8.63. The first-order valence-corrected chi connectivity index (χ1v) is 12.7. The molecule has 4 atom stereocenters. The monoisotopic (exact) mass is 479 g/mol. The lowest BCUT2D eigenvalue weighted by Crippen LogP contribution is -2.49. The standard InChI is InChI=1S/C30H41NO4/c1-21-17-18-24(30(5,6)23-15-11-8-12-16-23)26(19-21)34-27(32)25(20-22-13-9-7-10-14-22)31-28(33)35-29(2,3)4/h7-16,21,24-26H,17-20H2,1-6H3,(H,31,33)/t21-,24-,25+,26-/m1/s1. The molecule has 0 unspecified atom stereocenters. The van der Waals surface area contributed by atoms with Crippen molar-refractivity contribution in [1.29, 1.82) is 0 Å². The molecule has 35 heavy (non-hydrogen) atoms. The van der Waals surface area contributed by atoms with Gasteiger partial charge in [0.2, 0.25) is 0 Å². The molecule has 0 radical (unpaired) electrons. The molecule has 1 saturated carbocycles. The largest absolute Gasteiger partial charge is 0.461 e. The number of benzene rings is 2. The Morgan fingerprint density at radius 1 is 0.943 bits per heavy atom. The van der Waals surface area contributed by atoms with E-state index in [-0.39, 0.29) is 17.4 Å². The summed E-state index contributed by atoms with van der Waals surface area (Å²) in [6.07, 6.45) is 2.42. The van der Waals surface area contributed by atoms with Crippen LogP contribution >= 0.6 is 0 Å². The van der Waals surface area contributed by atoms with Crippen molar-refractivity contribution in [2.75, 3.05) is 0 Å². The van der Waals surface area contributed by atoms with Crippen LogP contribution in [-0.4, -0.2) is 29.8 Å².